The Morgan fingerprint density at radius 2 is 1.62 bits per heavy atom. The van der Waals surface area contributed by atoms with Crippen molar-refractivity contribution in [1.82, 2.24) is 4.90 Å². The van der Waals surface area contributed by atoms with Gasteiger partial charge in [0.1, 0.15) is 18.1 Å². The summed E-state index contributed by atoms with van der Waals surface area (Å²) in [6, 6.07) is 25.4. The van der Waals surface area contributed by atoms with Crippen molar-refractivity contribution in [2.45, 2.75) is 25.4 Å². The molecular formula is C29H28N2O3. The van der Waals surface area contributed by atoms with E-state index in [0.29, 0.717) is 25.1 Å². The van der Waals surface area contributed by atoms with E-state index in [0.717, 1.165) is 34.6 Å². The molecule has 3 aromatic carbocycles. The largest absolute Gasteiger partial charge is 0.497 e. The number of carbonyl (C=O) groups excluding carboxylic acids is 1. The standard InChI is InChI=1S/C29H28N2O3/c1-3-4-25-17-26(31(29(25)32)19-22-7-13-27(33-2)14-8-22)20-34-28-15-11-24(12-16-28)23-9-5-21(18-30)6-10-23/h3,5-16,25-26H,1,4,17,19-20H2,2H3/t25-,26+/m1/s1. The van der Waals surface area contributed by atoms with E-state index in [9.17, 15) is 4.79 Å². The van der Waals surface area contributed by atoms with Crippen molar-refractivity contribution in [3.05, 3.63) is 96.6 Å². The van der Waals surface area contributed by atoms with Crippen LogP contribution in [0.1, 0.15) is 24.0 Å². The fourth-order valence-electron chi connectivity index (χ4n) is 4.34. The van der Waals surface area contributed by atoms with E-state index in [4.69, 9.17) is 14.7 Å². The fraction of sp³-hybridized carbons (Fsp3) is 0.241. The number of nitrogens with zero attached hydrogens (tertiary/aromatic N) is 2. The maximum absolute atomic E-state index is 13.1. The molecule has 34 heavy (non-hydrogen) atoms. The molecule has 4 rings (SSSR count). The van der Waals surface area contributed by atoms with E-state index in [-0.39, 0.29) is 17.9 Å². The van der Waals surface area contributed by atoms with Crippen LogP contribution in [-0.4, -0.2) is 30.6 Å². The van der Waals surface area contributed by atoms with Gasteiger partial charge < -0.3 is 14.4 Å². The predicted octanol–water partition coefficient (Wildman–Crippen LogP) is 5.61. The Kier molecular flexibility index (Phi) is 7.29. The summed E-state index contributed by atoms with van der Waals surface area (Å²) in [4.78, 5) is 15.0. The number of rotatable bonds is 9. The molecule has 0 aromatic heterocycles. The number of amides is 1. The van der Waals surface area contributed by atoms with Gasteiger partial charge in [-0.15, -0.1) is 6.58 Å². The number of benzene rings is 3. The Bertz CT molecular complexity index is 1160. The highest BCUT2D eigenvalue weighted by Crippen LogP contribution is 2.30. The monoisotopic (exact) mass is 452 g/mol. The van der Waals surface area contributed by atoms with Crippen LogP contribution in [0.3, 0.4) is 0 Å². The third-order valence-corrected chi connectivity index (χ3v) is 6.24. The molecule has 2 atom stereocenters. The number of allylic oxidation sites excluding steroid dienone is 1. The number of ether oxygens (including phenoxy) is 2. The summed E-state index contributed by atoms with van der Waals surface area (Å²) in [6.07, 6.45) is 3.25. The molecular weight excluding hydrogens is 424 g/mol. The van der Waals surface area contributed by atoms with Crippen molar-refractivity contribution >= 4 is 5.91 Å². The number of nitriles is 1. The molecule has 5 heteroatoms. The summed E-state index contributed by atoms with van der Waals surface area (Å²) >= 11 is 0. The van der Waals surface area contributed by atoms with Crippen LogP contribution in [0.5, 0.6) is 11.5 Å². The zero-order valence-corrected chi connectivity index (χ0v) is 19.3. The Morgan fingerprint density at radius 1 is 1.00 bits per heavy atom. The van der Waals surface area contributed by atoms with Crippen molar-refractivity contribution < 1.29 is 14.3 Å². The number of hydrogen-bond donors (Lipinski definition) is 0. The molecule has 0 spiro atoms. The predicted molar refractivity (Wildman–Crippen MR) is 132 cm³/mol. The Hall–Kier alpha value is -4.04. The van der Waals surface area contributed by atoms with E-state index in [2.05, 4.69) is 12.6 Å². The van der Waals surface area contributed by atoms with Gasteiger partial charge in [-0.25, -0.2) is 0 Å². The topological polar surface area (TPSA) is 62.6 Å². The fourth-order valence-corrected chi connectivity index (χ4v) is 4.34. The van der Waals surface area contributed by atoms with Gasteiger partial charge in [0.15, 0.2) is 0 Å². The highest BCUT2D eigenvalue weighted by atomic mass is 16.5. The van der Waals surface area contributed by atoms with Gasteiger partial charge in [-0.3, -0.25) is 4.79 Å². The summed E-state index contributed by atoms with van der Waals surface area (Å²) < 4.78 is 11.4. The summed E-state index contributed by atoms with van der Waals surface area (Å²) in [5.74, 6) is 1.66. The summed E-state index contributed by atoms with van der Waals surface area (Å²) in [5.41, 5.74) is 3.80. The van der Waals surface area contributed by atoms with E-state index < -0.39 is 0 Å². The number of likely N-dealkylation sites (tertiary alicyclic amines) is 1. The SMILES string of the molecule is C=CC[C@@H]1C[C@@H](COc2ccc(-c3ccc(C#N)cc3)cc2)N(Cc2ccc(OC)cc2)C1=O. The lowest BCUT2D eigenvalue weighted by molar-refractivity contribution is -0.132. The molecule has 1 heterocycles. The second-order valence-corrected chi connectivity index (χ2v) is 8.45. The smallest absolute Gasteiger partial charge is 0.226 e. The Morgan fingerprint density at radius 3 is 2.21 bits per heavy atom. The molecule has 1 amide bonds. The Balaban J connectivity index is 1.43. The zero-order chi connectivity index (χ0) is 23.9. The third kappa shape index (κ3) is 5.29. The van der Waals surface area contributed by atoms with Crippen LogP contribution in [0.4, 0.5) is 0 Å². The molecule has 0 unspecified atom stereocenters. The second kappa shape index (κ2) is 10.7. The van der Waals surface area contributed by atoms with Gasteiger partial charge in [-0.2, -0.15) is 5.26 Å². The van der Waals surface area contributed by atoms with Crippen LogP contribution in [0.25, 0.3) is 11.1 Å². The normalized spacial score (nSPS) is 17.3. The summed E-state index contributed by atoms with van der Waals surface area (Å²) in [7, 11) is 1.64. The Labute approximate surface area is 200 Å². The first-order valence-electron chi connectivity index (χ1n) is 11.4. The van der Waals surface area contributed by atoms with Crippen LogP contribution < -0.4 is 9.47 Å². The van der Waals surface area contributed by atoms with E-state index in [1.807, 2.05) is 83.8 Å². The molecule has 0 saturated carbocycles. The lowest BCUT2D eigenvalue weighted by Gasteiger charge is -2.25. The van der Waals surface area contributed by atoms with Crippen molar-refractivity contribution in [3.63, 3.8) is 0 Å². The van der Waals surface area contributed by atoms with Gasteiger partial charge in [0.05, 0.1) is 24.8 Å². The molecule has 1 saturated heterocycles. The van der Waals surface area contributed by atoms with Crippen molar-refractivity contribution in [3.8, 4) is 28.7 Å². The average molecular weight is 453 g/mol. The first kappa shape index (κ1) is 23.1. The van der Waals surface area contributed by atoms with Gasteiger partial charge in [-0.05, 0) is 65.9 Å². The maximum Gasteiger partial charge on any atom is 0.226 e. The van der Waals surface area contributed by atoms with Gasteiger partial charge >= 0.3 is 0 Å². The van der Waals surface area contributed by atoms with Crippen LogP contribution >= 0.6 is 0 Å². The maximum atomic E-state index is 13.1. The van der Waals surface area contributed by atoms with E-state index in [1.54, 1.807) is 7.11 Å². The highest BCUT2D eigenvalue weighted by Gasteiger charge is 2.39. The highest BCUT2D eigenvalue weighted by molar-refractivity contribution is 5.81. The molecule has 5 nitrogen and oxygen atoms in total. The number of carbonyl (C=O) groups is 1. The van der Waals surface area contributed by atoms with E-state index >= 15 is 0 Å². The number of hydrogen-bond acceptors (Lipinski definition) is 4. The van der Waals surface area contributed by atoms with Crippen molar-refractivity contribution in [2.24, 2.45) is 5.92 Å². The molecule has 1 fully saturated rings. The third-order valence-electron chi connectivity index (χ3n) is 6.24. The van der Waals surface area contributed by atoms with Crippen LogP contribution in [0.2, 0.25) is 0 Å². The molecule has 0 radical (unpaired) electrons. The van der Waals surface area contributed by atoms with Gasteiger partial charge in [-0.1, -0.05) is 42.5 Å². The molecule has 1 aliphatic rings. The molecule has 1 aliphatic heterocycles. The quantitative estimate of drug-likeness (QED) is 0.396. The molecule has 3 aromatic rings. The van der Waals surface area contributed by atoms with Gasteiger partial charge in [0, 0.05) is 12.5 Å². The zero-order valence-electron chi connectivity index (χ0n) is 19.3. The summed E-state index contributed by atoms with van der Waals surface area (Å²) in [5, 5.41) is 8.97. The second-order valence-electron chi connectivity index (χ2n) is 8.45. The van der Waals surface area contributed by atoms with Crippen molar-refractivity contribution in [1.29, 1.82) is 5.26 Å². The lowest BCUT2D eigenvalue weighted by Crippen LogP contribution is -2.36. The molecule has 0 aliphatic carbocycles. The minimum Gasteiger partial charge on any atom is -0.497 e. The summed E-state index contributed by atoms with van der Waals surface area (Å²) in [6.45, 7) is 4.80. The molecule has 0 N–H and O–H groups in total. The first-order valence-corrected chi connectivity index (χ1v) is 11.4. The van der Waals surface area contributed by atoms with Crippen molar-refractivity contribution in [2.75, 3.05) is 13.7 Å². The van der Waals surface area contributed by atoms with Gasteiger partial charge in [0.2, 0.25) is 5.91 Å². The van der Waals surface area contributed by atoms with Crippen LogP contribution in [0.15, 0.2) is 85.5 Å². The van der Waals surface area contributed by atoms with Gasteiger partial charge in [0.25, 0.3) is 0 Å². The molecule has 0 bridgehead atoms. The van der Waals surface area contributed by atoms with E-state index in [1.165, 1.54) is 0 Å². The van der Waals surface area contributed by atoms with Crippen LogP contribution in [-0.2, 0) is 11.3 Å². The lowest BCUT2D eigenvalue weighted by atomic mass is 10.0. The first-order chi connectivity index (χ1) is 16.6. The minimum absolute atomic E-state index is 0.00208. The van der Waals surface area contributed by atoms with Crippen LogP contribution in [0, 0.1) is 17.2 Å². The molecule has 172 valence electrons. The number of methoxy groups -OCH3 is 1. The minimum atomic E-state index is -0.0527. The average Bonchev–Trinajstić information content (AvgIpc) is 3.18.